The second-order valence-electron chi connectivity index (χ2n) is 11.3. The molecule has 5 N–H and O–H groups in total. The number of nitrogen functional groups attached to an aromatic ring is 2. The molecule has 17 nitrogen and oxygen atoms in total. The number of hydrogen-bond acceptors (Lipinski definition) is 15. The van der Waals surface area contributed by atoms with Gasteiger partial charge in [-0.15, -0.1) is 0 Å². The number of methoxy groups -OCH3 is 4. The van der Waals surface area contributed by atoms with Crippen molar-refractivity contribution >= 4 is 100 Å². The molecule has 0 aliphatic heterocycles. The summed E-state index contributed by atoms with van der Waals surface area (Å²) in [4.78, 5) is 25.9. The van der Waals surface area contributed by atoms with Crippen LogP contribution in [0.2, 0.25) is 0 Å². The topological polar surface area (TPSA) is 215 Å². The van der Waals surface area contributed by atoms with Crippen LogP contribution in [0.1, 0.15) is 22.3 Å². The number of nitrogens with two attached hydrogens (primary N) is 2. The van der Waals surface area contributed by atoms with Gasteiger partial charge in [0.2, 0.25) is 0 Å². The van der Waals surface area contributed by atoms with Crippen LogP contribution in [0.5, 0.6) is 24.0 Å². The molecule has 0 aliphatic rings. The molecular weight excluding hydrogens is 1010 g/mol. The van der Waals surface area contributed by atoms with Crippen LogP contribution in [0.3, 0.4) is 0 Å². The van der Waals surface area contributed by atoms with Gasteiger partial charge in [0.25, 0.3) is 12.0 Å². The fraction of sp³-hybridized carbons (Fsp3) is 0.353. The fourth-order valence-electron chi connectivity index (χ4n) is 5.12. The van der Waals surface area contributed by atoms with Gasteiger partial charge in [-0.2, -0.15) is 29.9 Å². The van der Waals surface area contributed by atoms with Crippen LogP contribution in [0.15, 0.2) is 48.5 Å². The summed E-state index contributed by atoms with van der Waals surface area (Å²) in [7, 11) is 6.28. The minimum atomic E-state index is -0.183. The van der Waals surface area contributed by atoms with E-state index in [1.165, 1.54) is 12.7 Å². The van der Waals surface area contributed by atoms with Crippen molar-refractivity contribution in [3.05, 3.63) is 70.8 Å². The fourth-order valence-corrected chi connectivity index (χ4v) is 5.47. The van der Waals surface area contributed by atoms with Gasteiger partial charge >= 0.3 is 12.0 Å². The average molecular weight is 1050 g/mol. The predicted molar refractivity (Wildman–Crippen MR) is 231 cm³/mol. The molecule has 0 bridgehead atoms. The Labute approximate surface area is 356 Å². The van der Waals surface area contributed by atoms with Crippen molar-refractivity contribution in [3.8, 4) is 24.0 Å². The Balaban J connectivity index is 0.000000227. The molecule has 0 amide bonds. The summed E-state index contributed by atoms with van der Waals surface area (Å²) in [6.07, 6.45) is 0. The third-order valence-corrected chi connectivity index (χ3v) is 8.18. The van der Waals surface area contributed by atoms with Gasteiger partial charge in [0.1, 0.15) is 17.2 Å². The summed E-state index contributed by atoms with van der Waals surface area (Å²) in [6.45, 7) is 2.45. The Morgan fingerprint density at radius 3 is 1.43 bits per heavy atom. The first-order valence-corrected chi connectivity index (χ1v) is 25.1. The second-order valence-corrected chi connectivity index (χ2v) is 27.2. The molecule has 0 saturated heterocycles. The highest BCUT2D eigenvalue weighted by atomic mass is 80.0. The van der Waals surface area contributed by atoms with Gasteiger partial charge in [-0.25, -0.2) is 0 Å². The normalized spacial score (nSPS) is 10.9. The molecule has 0 atom stereocenters. The number of fused-ring (bicyclic) bond motifs is 2. The zero-order valence-electron chi connectivity index (χ0n) is 30.9. The van der Waals surface area contributed by atoms with Gasteiger partial charge in [0.05, 0.1) is 47.1 Å². The molecule has 2 aromatic carbocycles. The first-order chi connectivity index (χ1) is 27.0. The van der Waals surface area contributed by atoms with Gasteiger partial charge < -0.3 is 45.0 Å². The van der Waals surface area contributed by atoms with E-state index in [9.17, 15) is 5.11 Å². The van der Waals surface area contributed by atoms with Crippen molar-refractivity contribution in [1.82, 2.24) is 39.0 Å². The zero-order chi connectivity index (χ0) is 40.6. The van der Waals surface area contributed by atoms with E-state index in [2.05, 4.69) is 104 Å². The number of benzene rings is 2. The number of ether oxygens (including phenoxy) is 6. The molecule has 56 heavy (non-hydrogen) atoms. The van der Waals surface area contributed by atoms with Gasteiger partial charge in [-0.05, 0) is 68.7 Å². The third kappa shape index (κ3) is 12.8. The van der Waals surface area contributed by atoms with Crippen molar-refractivity contribution in [2.24, 2.45) is 0 Å². The molecule has 6 rings (SSSR count). The predicted octanol–water partition coefficient (Wildman–Crippen LogP) is 6.77. The number of imidazole rings is 2. The minimum absolute atomic E-state index is 0.0255. The number of aromatic nitrogens is 8. The van der Waals surface area contributed by atoms with Crippen LogP contribution in [-0.4, -0.2) is 99.0 Å². The SMILES string of the molecule is BrP(Br)Br.COCCOc1nc(N)c2nc(OC)n(Cc3cccc(CBr)c3)c2n1.COCCOc1nc(N)c2nc(OC)n(Cc3cccc(CO)c3)c2n1. The molecule has 0 radical (unpaired) electrons. The number of rotatable bonds is 16. The third-order valence-electron chi connectivity index (χ3n) is 7.54. The molecule has 0 unspecified atom stereocenters. The Bertz CT molecular complexity index is 2010. The lowest BCUT2D eigenvalue weighted by atomic mass is 10.1. The Morgan fingerprint density at radius 1 is 0.625 bits per heavy atom. The highest BCUT2D eigenvalue weighted by Crippen LogP contribution is 2.59. The van der Waals surface area contributed by atoms with E-state index in [0.717, 1.165) is 22.0 Å². The second kappa shape index (κ2) is 23.1. The lowest BCUT2D eigenvalue weighted by Crippen LogP contribution is -2.09. The van der Waals surface area contributed by atoms with Crippen LogP contribution < -0.4 is 30.4 Å². The number of aliphatic hydroxyl groups is 1. The van der Waals surface area contributed by atoms with Crippen LogP contribution in [0, 0.1) is 0 Å². The van der Waals surface area contributed by atoms with Crippen LogP contribution in [0.4, 0.5) is 11.6 Å². The lowest BCUT2D eigenvalue weighted by Gasteiger charge is -2.09. The highest BCUT2D eigenvalue weighted by molar-refractivity contribution is 9.93. The van der Waals surface area contributed by atoms with E-state index < -0.39 is 0 Å². The van der Waals surface area contributed by atoms with Crippen LogP contribution in [0.25, 0.3) is 22.3 Å². The van der Waals surface area contributed by atoms with E-state index in [-0.39, 0.29) is 34.3 Å². The maximum absolute atomic E-state index is 9.33. The number of halogens is 4. The van der Waals surface area contributed by atoms with Crippen molar-refractivity contribution in [2.45, 2.75) is 25.0 Å². The summed E-state index contributed by atoms with van der Waals surface area (Å²) >= 11 is 13.0. The molecule has 0 saturated carbocycles. The van der Waals surface area contributed by atoms with E-state index in [0.29, 0.717) is 73.9 Å². The van der Waals surface area contributed by atoms with Gasteiger partial charge in [0.15, 0.2) is 34.0 Å². The zero-order valence-corrected chi connectivity index (χ0v) is 38.1. The standard InChI is InChI=1S/C17H20BrN5O3.C17H21N5O4.Br3P/c1-24-6-7-26-16-21-14(19)13-15(22-16)23(17(20-13)25-2)10-12-5-3-4-11(8-12)9-18;1-24-6-7-26-16-20-14(18)13-15(21-16)22(17(19-13)25-2)9-11-4-3-5-12(8-11)10-23;1-4(2)3/h3-5,8H,6-7,9-10H2,1-2H3,(H2,19,21,22);3-5,8,23H,6-7,9-10H2,1-2H3,(H2,18,20,21);. The number of nitrogens with zero attached hydrogens (tertiary/aromatic N) is 8. The van der Waals surface area contributed by atoms with Crippen LogP contribution in [-0.2, 0) is 34.5 Å². The maximum atomic E-state index is 9.33. The van der Waals surface area contributed by atoms with E-state index in [1.807, 2.05) is 41.0 Å². The van der Waals surface area contributed by atoms with E-state index >= 15 is 0 Å². The summed E-state index contributed by atoms with van der Waals surface area (Å²) in [6, 6.07) is 16.9. The van der Waals surface area contributed by atoms with Crippen molar-refractivity contribution in [3.63, 3.8) is 0 Å². The summed E-state index contributed by atoms with van der Waals surface area (Å²) in [5, 5.41) is 10.1. The largest absolute Gasteiger partial charge is 0.468 e. The van der Waals surface area contributed by atoms with Crippen LogP contribution >= 0.6 is 66.4 Å². The van der Waals surface area contributed by atoms with Crippen molar-refractivity contribution in [2.75, 3.05) is 66.3 Å². The molecule has 302 valence electrons. The molecule has 0 spiro atoms. The highest BCUT2D eigenvalue weighted by Gasteiger charge is 2.20. The Morgan fingerprint density at radius 2 is 1.04 bits per heavy atom. The first-order valence-electron chi connectivity index (χ1n) is 16.5. The molecular formula is C34H41Br4N10O7P. The molecule has 4 heterocycles. The minimum Gasteiger partial charge on any atom is -0.468 e. The van der Waals surface area contributed by atoms with E-state index in [4.69, 9.17) is 39.9 Å². The number of aliphatic hydroxyl groups excluding tert-OH is 1. The summed E-state index contributed by atoms with van der Waals surface area (Å²) in [5.74, 6) is 0.456. The number of alkyl halides is 1. The molecule has 0 fully saturated rings. The molecule has 22 heteroatoms. The van der Waals surface area contributed by atoms with Gasteiger partial charge in [-0.1, -0.05) is 64.5 Å². The summed E-state index contributed by atoms with van der Waals surface area (Å²) in [5.41, 5.74) is 18.1. The quantitative estimate of drug-likeness (QED) is 0.0519. The van der Waals surface area contributed by atoms with Gasteiger partial charge in [-0.3, -0.25) is 9.13 Å². The van der Waals surface area contributed by atoms with E-state index in [1.54, 1.807) is 25.9 Å². The summed E-state index contributed by atoms with van der Waals surface area (Å²) < 4.78 is 35.1. The van der Waals surface area contributed by atoms with Crippen molar-refractivity contribution < 1.29 is 33.5 Å². The molecule has 0 aliphatic carbocycles. The average Bonchev–Trinajstić information content (AvgIpc) is 3.73. The van der Waals surface area contributed by atoms with Gasteiger partial charge in [0, 0.05) is 19.5 Å². The molecule has 4 aromatic heterocycles. The monoisotopic (exact) mass is 1050 g/mol. The lowest BCUT2D eigenvalue weighted by molar-refractivity contribution is 0.141. The Kier molecular flexibility index (Phi) is 18.7. The number of anilines is 2. The molecule has 6 aromatic rings. The maximum Gasteiger partial charge on any atom is 0.320 e. The first kappa shape index (κ1) is 45.3. The number of hydrogen-bond donors (Lipinski definition) is 3. The smallest absolute Gasteiger partial charge is 0.320 e. The Hall–Kier alpha value is -3.43. The van der Waals surface area contributed by atoms with Crippen molar-refractivity contribution in [1.29, 1.82) is 0 Å².